The molecule has 3 atom stereocenters. The van der Waals surface area contributed by atoms with Crippen molar-refractivity contribution in [1.82, 2.24) is 0 Å². The highest BCUT2D eigenvalue weighted by Crippen LogP contribution is 2.58. The summed E-state index contributed by atoms with van der Waals surface area (Å²) in [4.78, 5) is 21.7. The summed E-state index contributed by atoms with van der Waals surface area (Å²) in [7, 11) is 0. The summed E-state index contributed by atoms with van der Waals surface area (Å²) in [6, 6.07) is 0. The van der Waals surface area contributed by atoms with Gasteiger partial charge >= 0.3 is 0 Å². The number of carbonyl (C=O) groups is 2. The van der Waals surface area contributed by atoms with Gasteiger partial charge in [0.1, 0.15) is 12.4 Å². The van der Waals surface area contributed by atoms with E-state index < -0.39 is 6.10 Å². The number of carbonyl (C=O) groups excluding carboxylic acids is 2. The first kappa shape index (κ1) is 10.4. The van der Waals surface area contributed by atoms with Gasteiger partial charge in [-0.25, -0.2) is 0 Å². The summed E-state index contributed by atoms with van der Waals surface area (Å²) >= 11 is 0. The minimum atomic E-state index is -0.899. The molecule has 0 amide bonds. The Bertz CT molecular complexity index is 230. The lowest BCUT2D eigenvalue weighted by molar-refractivity contribution is -0.126. The number of hydrogen-bond acceptors (Lipinski definition) is 3. The quantitative estimate of drug-likeness (QED) is 0.657. The summed E-state index contributed by atoms with van der Waals surface area (Å²) in [6.07, 6.45) is 0.345. The van der Waals surface area contributed by atoms with Gasteiger partial charge in [0, 0.05) is 12.3 Å². The molecule has 3 nitrogen and oxygen atoms in total. The number of aliphatic hydroxyl groups is 1. The molecule has 74 valence electrons. The molecule has 1 rings (SSSR count). The molecule has 1 saturated carbocycles. The van der Waals surface area contributed by atoms with E-state index in [9.17, 15) is 9.59 Å². The van der Waals surface area contributed by atoms with Crippen molar-refractivity contribution < 1.29 is 14.7 Å². The highest BCUT2D eigenvalue weighted by atomic mass is 16.3. The van der Waals surface area contributed by atoms with Gasteiger partial charge in [0.2, 0.25) is 0 Å². The van der Waals surface area contributed by atoms with Gasteiger partial charge in [-0.05, 0) is 18.3 Å². The van der Waals surface area contributed by atoms with Crippen LogP contribution in [-0.4, -0.2) is 23.3 Å². The lowest BCUT2D eigenvalue weighted by Crippen LogP contribution is -2.17. The molecule has 0 saturated heterocycles. The number of aliphatic hydroxyl groups excluding tert-OH is 1. The molecule has 0 aliphatic heterocycles. The molecule has 0 heterocycles. The third kappa shape index (κ3) is 1.80. The third-order valence-corrected chi connectivity index (χ3v) is 3.17. The van der Waals surface area contributed by atoms with Crippen LogP contribution < -0.4 is 0 Å². The second-order valence-corrected chi connectivity index (χ2v) is 4.44. The average molecular weight is 184 g/mol. The second-order valence-electron chi connectivity index (χ2n) is 4.44. The van der Waals surface area contributed by atoms with Crippen molar-refractivity contribution in [3.63, 3.8) is 0 Å². The van der Waals surface area contributed by atoms with Crippen LogP contribution in [-0.2, 0) is 9.59 Å². The van der Waals surface area contributed by atoms with Gasteiger partial charge in [0.05, 0.1) is 0 Å². The van der Waals surface area contributed by atoms with Crippen molar-refractivity contribution in [3.05, 3.63) is 0 Å². The van der Waals surface area contributed by atoms with Crippen molar-refractivity contribution in [1.29, 1.82) is 0 Å². The van der Waals surface area contributed by atoms with Crippen LogP contribution in [0, 0.1) is 17.3 Å². The van der Waals surface area contributed by atoms with Gasteiger partial charge < -0.3 is 9.90 Å². The predicted octanol–water partition coefficient (Wildman–Crippen LogP) is 0.797. The van der Waals surface area contributed by atoms with Crippen LogP contribution >= 0.6 is 0 Å². The van der Waals surface area contributed by atoms with Crippen molar-refractivity contribution >= 4 is 12.1 Å². The van der Waals surface area contributed by atoms with E-state index in [0.717, 1.165) is 6.29 Å². The Hall–Kier alpha value is -0.700. The normalized spacial score (nSPS) is 32.3. The SMILES string of the molecule is CC(O)C(=O)C[C@H]1[C@@H](C=O)C1(C)C. The second kappa shape index (κ2) is 3.22. The fraction of sp³-hybridized carbons (Fsp3) is 0.800. The number of rotatable bonds is 4. The Labute approximate surface area is 78.1 Å². The molecule has 1 aliphatic rings. The Morgan fingerprint density at radius 3 is 2.46 bits per heavy atom. The molecule has 13 heavy (non-hydrogen) atoms. The van der Waals surface area contributed by atoms with Crippen LogP contribution in [0.15, 0.2) is 0 Å². The highest BCUT2D eigenvalue weighted by molar-refractivity contribution is 5.84. The van der Waals surface area contributed by atoms with Crippen molar-refractivity contribution in [3.8, 4) is 0 Å². The fourth-order valence-electron chi connectivity index (χ4n) is 1.83. The van der Waals surface area contributed by atoms with E-state index in [0.29, 0.717) is 6.42 Å². The molecule has 0 spiro atoms. The smallest absolute Gasteiger partial charge is 0.161 e. The van der Waals surface area contributed by atoms with Gasteiger partial charge in [0.15, 0.2) is 5.78 Å². The van der Waals surface area contributed by atoms with Crippen molar-refractivity contribution in [2.45, 2.75) is 33.3 Å². The van der Waals surface area contributed by atoms with Crippen LogP contribution in [0.3, 0.4) is 0 Å². The molecule has 0 bridgehead atoms. The highest BCUT2D eigenvalue weighted by Gasteiger charge is 2.57. The summed E-state index contributed by atoms with van der Waals surface area (Å²) in [5.41, 5.74) is -0.0493. The van der Waals surface area contributed by atoms with Crippen LogP contribution in [0.1, 0.15) is 27.2 Å². The minimum absolute atomic E-state index is 0.00444. The first-order valence-electron chi connectivity index (χ1n) is 4.57. The zero-order chi connectivity index (χ0) is 10.2. The lowest BCUT2D eigenvalue weighted by atomic mass is 10.0. The lowest BCUT2D eigenvalue weighted by Gasteiger charge is -2.03. The molecule has 1 N–H and O–H groups in total. The number of aldehydes is 1. The summed E-state index contributed by atoms with van der Waals surface area (Å²) < 4.78 is 0. The van der Waals surface area contributed by atoms with E-state index in [2.05, 4.69) is 0 Å². The topological polar surface area (TPSA) is 54.4 Å². The maximum atomic E-state index is 11.2. The molecule has 0 aromatic rings. The Kier molecular flexibility index (Phi) is 2.57. The monoisotopic (exact) mass is 184 g/mol. The Balaban J connectivity index is 2.50. The van der Waals surface area contributed by atoms with Gasteiger partial charge in [0.25, 0.3) is 0 Å². The average Bonchev–Trinajstić information content (AvgIpc) is 2.52. The van der Waals surface area contributed by atoms with E-state index in [1.165, 1.54) is 6.92 Å². The van der Waals surface area contributed by atoms with Gasteiger partial charge in [-0.1, -0.05) is 13.8 Å². The van der Waals surface area contributed by atoms with Crippen LogP contribution in [0.4, 0.5) is 0 Å². The van der Waals surface area contributed by atoms with Crippen molar-refractivity contribution in [2.75, 3.05) is 0 Å². The molecule has 1 aliphatic carbocycles. The Morgan fingerprint density at radius 1 is 1.62 bits per heavy atom. The predicted molar refractivity (Wildman–Crippen MR) is 48.1 cm³/mol. The van der Waals surface area contributed by atoms with E-state index in [4.69, 9.17) is 5.11 Å². The number of Topliss-reactive ketones (excluding diaryl/α,β-unsaturated/α-hetero) is 1. The third-order valence-electron chi connectivity index (χ3n) is 3.17. The van der Waals surface area contributed by atoms with Crippen LogP contribution in [0.5, 0.6) is 0 Å². The number of hydrogen-bond donors (Lipinski definition) is 1. The summed E-state index contributed by atoms with van der Waals surface area (Å²) in [5, 5.41) is 8.99. The molecule has 0 aromatic carbocycles. The molecule has 1 unspecified atom stereocenters. The standard InChI is InChI=1S/C10H16O3/c1-6(12)9(13)4-7-8(5-11)10(7,2)3/h5-8,12H,4H2,1-3H3/t6?,7-,8+/m0/s1. The van der Waals surface area contributed by atoms with E-state index >= 15 is 0 Å². The van der Waals surface area contributed by atoms with Gasteiger partial charge in [-0.2, -0.15) is 0 Å². The molecule has 3 heteroatoms. The fourth-order valence-corrected chi connectivity index (χ4v) is 1.83. The zero-order valence-corrected chi connectivity index (χ0v) is 8.28. The van der Waals surface area contributed by atoms with E-state index in [-0.39, 0.29) is 23.0 Å². The minimum Gasteiger partial charge on any atom is -0.386 e. The molecule has 0 radical (unpaired) electrons. The van der Waals surface area contributed by atoms with E-state index in [1.54, 1.807) is 0 Å². The van der Waals surface area contributed by atoms with Crippen LogP contribution in [0.25, 0.3) is 0 Å². The van der Waals surface area contributed by atoms with Crippen molar-refractivity contribution in [2.24, 2.45) is 17.3 Å². The maximum absolute atomic E-state index is 11.2. The summed E-state index contributed by atoms with van der Waals surface area (Å²) in [5.74, 6) is -0.0373. The first-order chi connectivity index (χ1) is 5.91. The van der Waals surface area contributed by atoms with Crippen LogP contribution in [0.2, 0.25) is 0 Å². The first-order valence-corrected chi connectivity index (χ1v) is 4.57. The molecule has 0 aromatic heterocycles. The maximum Gasteiger partial charge on any atom is 0.161 e. The molecular formula is C10H16O3. The Morgan fingerprint density at radius 2 is 2.15 bits per heavy atom. The van der Waals surface area contributed by atoms with Gasteiger partial charge in [-0.15, -0.1) is 0 Å². The molecule has 1 fully saturated rings. The van der Waals surface area contributed by atoms with Gasteiger partial charge in [-0.3, -0.25) is 4.79 Å². The van der Waals surface area contributed by atoms with E-state index in [1.807, 2.05) is 13.8 Å². The number of ketones is 1. The largest absolute Gasteiger partial charge is 0.386 e. The molecular weight excluding hydrogens is 168 g/mol. The summed E-state index contributed by atoms with van der Waals surface area (Å²) in [6.45, 7) is 5.42. The zero-order valence-electron chi connectivity index (χ0n) is 8.28.